The standard InChI is InChI=1S/C10H19N3S/c1-11-10(14)12-8-5-7-13-6-3-2-4-9(8)13/h8-9H,2-7H2,1H3,(H2,11,12,14). The molecule has 0 radical (unpaired) electrons. The summed E-state index contributed by atoms with van der Waals surface area (Å²) in [6.45, 7) is 2.53. The van der Waals surface area contributed by atoms with E-state index in [1.165, 1.54) is 38.8 Å². The molecule has 0 aliphatic carbocycles. The van der Waals surface area contributed by atoms with Crippen LogP contribution in [0, 0.1) is 0 Å². The average molecular weight is 213 g/mol. The molecule has 2 rings (SSSR count). The molecule has 0 saturated carbocycles. The van der Waals surface area contributed by atoms with Crippen LogP contribution in [-0.4, -0.2) is 42.2 Å². The Hall–Kier alpha value is -0.350. The van der Waals surface area contributed by atoms with E-state index >= 15 is 0 Å². The molecule has 0 bridgehead atoms. The van der Waals surface area contributed by atoms with Crippen LogP contribution in [0.5, 0.6) is 0 Å². The lowest BCUT2D eigenvalue weighted by molar-refractivity contribution is 0.185. The van der Waals surface area contributed by atoms with Crippen molar-refractivity contribution in [2.75, 3.05) is 20.1 Å². The fraction of sp³-hybridized carbons (Fsp3) is 0.900. The molecule has 0 aromatic carbocycles. The van der Waals surface area contributed by atoms with Gasteiger partial charge in [0.15, 0.2) is 5.11 Å². The average Bonchev–Trinajstić information content (AvgIpc) is 2.62. The highest BCUT2D eigenvalue weighted by Gasteiger charge is 2.35. The van der Waals surface area contributed by atoms with E-state index in [0.717, 1.165) is 11.2 Å². The summed E-state index contributed by atoms with van der Waals surface area (Å²) >= 11 is 5.14. The number of piperidine rings is 1. The molecular weight excluding hydrogens is 194 g/mol. The van der Waals surface area contributed by atoms with Crippen molar-refractivity contribution in [2.45, 2.75) is 37.8 Å². The first-order valence-corrected chi connectivity index (χ1v) is 5.94. The van der Waals surface area contributed by atoms with E-state index < -0.39 is 0 Å². The summed E-state index contributed by atoms with van der Waals surface area (Å²) < 4.78 is 0. The Morgan fingerprint density at radius 3 is 2.93 bits per heavy atom. The van der Waals surface area contributed by atoms with Crippen molar-refractivity contribution in [3.8, 4) is 0 Å². The Kier molecular flexibility index (Phi) is 3.23. The second-order valence-corrected chi connectivity index (χ2v) is 4.63. The third-order valence-corrected chi connectivity index (χ3v) is 3.72. The van der Waals surface area contributed by atoms with Crippen LogP contribution < -0.4 is 10.6 Å². The number of thiocarbonyl (C=S) groups is 1. The van der Waals surface area contributed by atoms with E-state index in [4.69, 9.17) is 12.2 Å². The molecule has 14 heavy (non-hydrogen) atoms. The van der Waals surface area contributed by atoms with Crippen LogP contribution in [0.1, 0.15) is 25.7 Å². The quantitative estimate of drug-likeness (QED) is 0.627. The fourth-order valence-electron chi connectivity index (χ4n) is 2.66. The van der Waals surface area contributed by atoms with Crippen molar-refractivity contribution in [2.24, 2.45) is 0 Å². The van der Waals surface area contributed by atoms with Gasteiger partial charge in [-0.3, -0.25) is 4.90 Å². The molecule has 0 spiro atoms. The molecule has 0 aromatic rings. The molecule has 2 N–H and O–H groups in total. The van der Waals surface area contributed by atoms with Gasteiger partial charge in [0.1, 0.15) is 0 Å². The number of rotatable bonds is 1. The van der Waals surface area contributed by atoms with Gasteiger partial charge >= 0.3 is 0 Å². The van der Waals surface area contributed by atoms with E-state index in [1.54, 1.807) is 0 Å². The zero-order valence-corrected chi connectivity index (χ0v) is 9.57. The summed E-state index contributed by atoms with van der Waals surface area (Å²) in [5, 5.41) is 7.19. The fourth-order valence-corrected chi connectivity index (χ4v) is 2.81. The third-order valence-electron chi connectivity index (χ3n) is 3.40. The predicted octanol–water partition coefficient (Wildman–Crippen LogP) is 0.707. The van der Waals surface area contributed by atoms with Crippen LogP contribution in [0.4, 0.5) is 0 Å². The number of nitrogens with one attached hydrogen (secondary N) is 2. The van der Waals surface area contributed by atoms with Gasteiger partial charge in [0.2, 0.25) is 0 Å². The minimum absolute atomic E-state index is 0.579. The number of hydrogen-bond acceptors (Lipinski definition) is 2. The summed E-state index contributed by atoms with van der Waals surface area (Å²) in [7, 11) is 1.88. The summed E-state index contributed by atoms with van der Waals surface area (Å²) in [6.07, 6.45) is 5.34. The second kappa shape index (κ2) is 4.45. The van der Waals surface area contributed by atoms with Crippen LogP contribution >= 0.6 is 12.2 Å². The van der Waals surface area contributed by atoms with Crippen LogP contribution in [0.15, 0.2) is 0 Å². The van der Waals surface area contributed by atoms with Crippen molar-refractivity contribution in [1.29, 1.82) is 0 Å². The summed E-state index contributed by atoms with van der Waals surface area (Å²) in [5.74, 6) is 0. The molecule has 2 heterocycles. The highest BCUT2D eigenvalue weighted by Crippen LogP contribution is 2.26. The lowest BCUT2D eigenvalue weighted by Crippen LogP contribution is -2.48. The van der Waals surface area contributed by atoms with Crippen molar-refractivity contribution >= 4 is 17.3 Å². The highest BCUT2D eigenvalue weighted by atomic mass is 32.1. The molecule has 2 aliphatic heterocycles. The second-order valence-electron chi connectivity index (χ2n) is 4.22. The summed E-state index contributed by atoms with van der Waals surface area (Å²) in [4.78, 5) is 2.61. The summed E-state index contributed by atoms with van der Waals surface area (Å²) in [6, 6.07) is 1.31. The SMILES string of the molecule is CNC(=S)NC1CCN2CCCCC12. The Morgan fingerprint density at radius 2 is 2.14 bits per heavy atom. The molecule has 2 saturated heterocycles. The zero-order chi connectivity index (χ0) is 9.97. The van der Waals surface area contributed by atoms with Crippen LogP contribution in [-0.2, 0) is 0 Å². The molecular formula is C10H19N3S. The van der Waals surface area contributed by atoms with Gasteiger partial charge in [0, 0.05) is 25.7 Å². The van der Waals surface area contributed by atoms with Crippen molar-refractivity contribution in [3.05, 3.63) is 0 Å². The topological polar surface area (TPSA) is 27.3 Å². The minimum Gasteiger partial charge on any atom is -0.366 e. The van der Waals surface area contributed by atoms with Crippen LogP contribution in [0.25, 0.3) is 0 Å². The smallest absolute Gasteiger partial charge is 0.166 e. The lowest BCUT2D eigenvalue weighted by Gasteiger charge is -2.32. The Bertz CT molecular complexity index is 219. The van der Waals surface area contributed by atoms with E-state index in [-0.39, 0.29) is 0 Å². The van der Waals surface area contributed by atoms with Gasteiger partial charge in [-0.25, -0.2) is 0 Å². The van der Waals surface area contributed by atoms with Crippen molar-refractivity contribution in [3.63, 3.8) is 0 Å². The normalized spacial score (nSPS) is 32.4. The molecule has 2 unspecified atom stereocenters. The van der Waals surface area contributed by atoms with Gasteiger partial charge in [-0.1, -0.05) is 6.42 Å². The van der Waals surface area contributed by atoms with E-state index in [9.17, 15) is 0 Å². The van der Waals surface area contributed by atoms with Gasteiger partial charge in [-0.15, -0.1) is 0 Å². The van der Waals surface area contributed by atoms with Gasteiger partial charge < -0.3 is 10.6 Å². The molecule has 0 amide bonds. The first-order chi connectivity index (χ1) is 6.81. The summed E-state index contributed by atoms with van der Waals surface area (Å²) in [5.41, 5.74) is 0. The van der Waals surface area contributed by atoms with Crippen molar-refractivity contribution in [1.82, 2.24) is 15.5 Å². The van der Waals surface area contributed by atoms with E-state index in [0.29, 0.717) is 6.04 Å². The van der Waals surface area contributed by atoms with Gasteiger partial charge in [-0.2, -0.15) is 0 Å². The van der Waals surface area contributed by atoms with E-state index in [2.05, 4.69) is 15.5 Å². The molecule has 80 valence electrons. The maximum atomic E-state index is 5.14. The first kappa shape index (κ1) is 10.2. The lowest BCUT2D eigenvalue weighted by atomic mass is 9.99. The number of nitrogens with zero attached hydrogens (tertiary/aromatic N) is 1. The van der Waals surface area contributed by atoms with Crippen LogP contribution in [0.3, 0.4) is 0 Å². The molecule has 2 aliphatic rings. The van der Waals surface area contributed by atoms with Gasteiger partial charge in [0.25, 0.3) is 0 Å². The Morgan fingerprint density at radius 1 is 1.29 bits per heavy atom. The minimum atomic E-state index is 0.579. The number of hydrogen-bond donors (Lipinski definition) is 2. The van der Waals surface area contributed by atoms with Crippen molar-refractivity contribution < 1.29 is 0 Å². The molecule has 3 nitrogen and oxygen atoms in total. The highest BCUT2D eigenvalue weighted by molar-refractivity contribution is 7.80. The first-order valence-electron chi connectivity index (χ1n) is 5.53. The maximum absolute atomic E-state index is 5.14. The van der Waals surface area contributed by atoms with Crippen LogP contribution in [0.2, 0.25) is 0 Å². The largest absolute Gasteiger partial charge is 0.366 e. The molecule has 4 heteroatoms. The maximum Gasteiger partial charge on any atom is 0.166 e. The Balaban J connectivity index is 1.90. The van der Waals surface area contributed by atoms with Gasteiger partial charge in [-0.05, 0) is 38.0 Å². The molecule has 0 aromatic heterocycles. The molecule has 2 atom stereocenters. The third kappa shape index (κ3) is 2.01. The Labute approximate surface area is 91.2 Å². The number of fused-ring (bicyclic) bond motifs is 1. The molecule has 2 fully saturated rings. The van der Waals surface area contributed by atoms with Gasteiger partial charge in [0.05, 0.1) is 0 Å². The zero-order valence-electron chi connectivity index (χ0n) is 8.75. The van der Waals surface area contributed by atoms with E-state index in [1.807, 2.05) is 7.05 Å². The predicted molar refractivity (Wildman–Crippen MR) is 62.4 cm³/mol. The monoisotopic (exact) mass is 213 g/mol.